The van der Waals surface area contributed by atoms with Crippen molar-refractivity contribution in [2.24, 2.45) is 0 Å². The number of aryl methyl sites for hydroxylation is 2. The van der Waals surface area contributed by atoms with Crippen LogP contribution in [0.1, 0.15) is 22.2 Å². The molecule has 0 aliphatic carbocycles. The molecule has 6 heteroatoms. The number of nitrogens with zero attached hydrogens (tertiary/aromatic N) is 1. The molecule has 1 aromatic carbocycles. The molecule has 21 heavy (non-hydrogen) atoms. The lowest BCUT2D eigenvalue weighted by atomic mass is 10.2. The number of hydrogen-bond acceptors (Lipinski definition) is 5. The maximum Gasteiger partial charge on any atom is 0.311 e. The molecule has 0 saturated carbocycles. The summed E-state index contributed by atoms with van der Waals surface area (Å²) in [6.07, 6.45) is 0. The van der Waals surface area contributed by atoms with Crippen LogP contribution in [0.25, 0.3) is 0 Å². The number of nitrogens with one attached hydrogen (secondary N) is 1. The normalized spacial score (nSPS) is 10.4. The van der Waals surface area contributed by atoms with Crippen molar-refractivity contribution in [2.75, 3.05) is 11.9 Å². The second-order valence-electron chi connectivity index (χ2n) is 4.68. The van der Waals surface area contributed by atoms with Gasteiger partial charge in [0.25, 0.3) is 0 Å². The minimum absolute atomic E-state index is 0.00906. The summed E-state index contributed by atoms with van der Waals surface area (Å²) >= 11 is 1.75. The zero-order chi connectivity index (χ0) is 15.4. The van der Waals surface area contributed by atoms with Crippen molar-refractivity contribution < 1.29 is 9.66 Å². The van der Waals surface area contributed by atoms with E-state index in [-0.39, 0.29) is 5.69 Å². The van der Waals surface area contributed by atoms with Gasteiger partial charge >= 0.3 is 5.69 Å². The Kier molecular flexibility index (Phi) is 4.80. The number of ether oxygens (including phenoxy) is 1. The second kappa shape index (κ2) is 6.58. The fourth-order valence-corrected chi connectivity index (χ4v) is 2.97. The van der Waals surface area contributed by atoms with Gasteiger partial charge < -0.3 is 10.1 Å². The quantitative estimate of drug-likeness (QED) is 0.639. The van der Waals surface area contributed by atoms with Crippen LogP contribution in [0.4, 0.5) is 11.4 Å². The summed E-state index contributed by atoms with van der Waals surface area (Å²) in [5.41, 5.74) is 2.09. The highest BCUT2D eigenvalue weighted by Crippen LogP contribution is 2.30. The number of nitro groups is 1. The summed E-state index contributed by atoms with van der Waals surface area (Å²) in [6, 6.07) is 7.00. The standard InChI is InChI=1S/C15H18N2O3S/c1-4-20-15-8-12(5-6-14(15)17(18)19)16-9-13-7-10(2)11(3)21-13/h5-8,16H,4,9H2,1-3H3. The number of anilines is 1. The van der Waals surface area contributed by atoms with Crippen LogP contribution in [0.3, 0.4) is 0 Å². The first kappa shape index (κ1) is 15.3. The summed E-state index contributed by atoms with van der Waals surface area (Å²) in [7, 11) is 0. The van der Waals surface area contributed by atoms with E-state index < -0.39 is 4.92 Å². The topological polar surface area (TPSA) is 64.4 Å². The molecule has 5 nitrogen and oxygen atoms in total. The largest absolute Gasteiger partial charge is 0.487 e. The number of nitro benzene ring substituents is 1. The molecule has 0 aliphatic heterocycles. The van der Waals surface area contributed by atoms with Gasteiger partial charge in [0.15, 0.2) is 5.75 Å². The van der Waals surface area contributed by atoms with Gasteiger partial charge in [-0.1, -0.05) is 0 Å². The lowest BCUT2D eigenvalue weighted by Gasteiger charge is -2.08. The molecule has 1 aromatic heterocycles. The minimum atomic E-state index is -0.430. The predicted molar refractivity (Wildman–Crippen MR) is 85.4 cm³/mol. The van der Waals surface area contributed by atoms with E-state index in [0.717, 1.165) is 5.69 Å². The molecule has 1 N–H and O–H groups in total. The molecule has 0 saturated heterocycles. The molecule has 1 heterocycles. The molecule has 0 atom stereocenters. The maximum absolute atomic E-state index is 10.9. The average Bonchev–Trinajstić information content (AvgIpc) is 2.76. The van der Waals surface area contributed by atoms with E-state index in [2.05, 4.69) is 25.2 Å². The van der Waals surface area contributed by atoms with Crippen molar-refractivity contribution in [1.82, 2.24) is 0 Å². The number of rotatable bonds is 6. The highest BCUT2D eigenvalue weighted by Gasteiger charge is 2.15. The van der Waals surface area contributed by atoms with E-state index in [4.69, 9.17) is 4.74 Å². The van der Waals surface area contributed by atoms with Crippen molar-refractivity contribution in [3.63, 3.8) is 0 Å². The molecule has 0 aliphatic rings. The van der Waals surface area contributed by atoms with Crippen LogP contribution >= 0.6 is 11.3 Å². The highest BCUT2D eigenvalue weighted by atomic mass is 32.1. The number of hydrogen-bond donors (Lipinski definition) is 1. The van der Waals surface area contributed by atoms with Crippen LogP contribution < -0.4 is 10.1 Å². The van der Waals surface area contributed by atoms with Gasteiger partial charge in [-0.2, -0.15) is 0 Å². The molecule has 112 valence electrons. The Morgan fingerprint density at radius 3 is 2.67 bits per heavy atom. The van der Waals surface area contributed by atoms with Gasteiger partial charge in [-0.25, -0.2) is 0 Å². The zero-order valence-electron chi connectivity index (χ0n) is 12.3. The Morgan fingerprint density at radius 1 is 1.33 bits per heavy atom. The van der Waals surface area contributed by atoms with E-state index in [0.29, 0.717) is 18.9 Å². The van der Waals surface area contributed by atoms with E-state index >= 15 is 0 Å². The second-order valence-corrected chi connectivity index (χ2v) is 6.02. The van der Waals surface area contributed by atoms with Crippen molar-refractivity contribution in [2.45, 2.75) is 27.3 Å². The molecule has 0 amide bonds. The van der Waals surface area contributed by atoms with Crippen molar-refractivity contribution in [1.29, 1.82) is 0 Å². The maximum atomic E-state index is 10.9. The monoisotopic (exact) mass is 306 g/mol. The third-order valence-electron chi connectivity index (χ3n) is 3.14. The number of benzene rings is 1. The molecule has 2 rings (SSSR count). The highest BCUT2D eigenvalue weighted by molar-refractivity contribution is 7.12. The van der Waals surface area contributed by atoms with Crippen molar-refractivity contribution in [3.8, 4) is 5.75 Å². The van der Waals surface area contributed by atoms with E-state index in [1.807, 2.05) is 0 Å². The van der Waals surface area contributed by atoms with Crippen LogP contribution in [0.2, 0.25) is 0 Å². The summed E-state index contributed by atoms with van der Waals surface area (Å²) in [5.74, 6) is 0.297. The molecule has 2 aromatic rings. The molecular formula is C15H18N2O3S. The summed E-state index contributed by atoms with van der Waals surface area (Å²) in [6.45, 7) is 7.09. The molecule has 0 bridgehead atoms. The third kappa shape index (κ3) is 3.72. The van der Waals surface area contributed by atoms with Crippen molar-refractivity contribution in [3.05, 3.63) is 49.7 Å². The first-order valence-corrected chi connectivity index (χ1v) is 7.54. The van der Waals surface area contributed by atoms with Gasteiger partial charge in [0.05, 0.1) is 11.5 Å². The third-order valence-corrected chi connectivity index (χ3v) is 4.29. The van der Waals surface area contributed by atoms with Crippen molar-refractivity contribution >= 4 is 22.7 Å². The Labute approximate surface area is 127 Å². The van der Waals surface area contributed by atoms with E-state index in [1.54, 1.807) is 30.4 Å². The van der Waals surface area contributed by atoms with Gasteiger partial charge in [0, 0.05) is 34.1 Å². The van der Waals surface area contributed by atoms with Crippen LogP contribution in [-0.4, -0.2) is 11.5 Å². The fraction of sp³-hybridized carbons (Fsp3) is 0.333. The predicted octanol–water partition coefficient (Wildman–Crippen LogP) is 4.28. The smallest absolute Gasteiger partial charge is 0.311 e. The Hall–Kier alpha value is -2.08. The Morgan fingerprint density at radius 2 is 2.10 bits per heavy atom. The average molecular weight is 306 g/mol. The summed E-state index contributed by atoms with van der Waals surface area (Å²) in [5, 5.41) is 14.2. The minimum Gasteiger partial charge on any atom is -0.487 e. The first-order chi connectivity index (χ1) is 10.0. The molecule has 0 unspecified atom stereocenters. The Bertz CT molecular complexity index is 633. The molecular weight excluding hydrogens is 288 g/mol. The van der Waals surface area contributed by atoms with Gasteiger partial charge in [-0.3, -0.25) is 10.1 Å². The lowest BCUT2D eigenvalue weighted by molar-refractivity contribution is -0.385. The van der Waals surface area contributed by atoms with Gasteiger partial charge in [-0.15, -0.1) is 11.3 Å². The summed E-state index contributed by atoms with van der Waals surface area (Å²) < 4.78 is 5.34. The van der Waals surface area contributed by atoms with Gasteiger partial charge in [-0.05, 0) is 38.5 Å². The van der Waals surface area contributed by atoms with E-state index in [1.165, 1.54) is 21.4 Å². The SMILES string of the molecule is CCOc1cc(NCc2cc(C)c(C)s2)ccc1[N+](=O)[O-]. The van der Waals surface area contributed by atoms with Crippen LogP contribution in [-0.2, 0) is 6.54 Å². The van der Waals surface area contributed by atoms with Gasteiger partial charge in [0.2, 0.25) is 0 Å². The summed E-state index contributed by atoms with van der Waals surface area (Å²) in [4.78, 5) is 13.1. The first-order valence-electron chi connectivity index (χ1n) is 6.72. The Balaban J connectivity index is 2.13. The molecule has 0 spiro atoms. The van der Waals surface area contributed by atoms with Crippen LogP contribution in [0.5, 0.6) is 5.75 Å². The van der Waals surface area contributed by atoms with Gasteiger partial charge in [0.1, 0.15) is 0 Å². The van der Waals surface area contributed by atoms with E-state index in [9.17, 15) is 10.1 Å². The molecule has 0 radical (unpaired) electrons. The fourth-order valence-electron chi connectivity index (χ4n) is 1.97. The zero-order valence-corrected chi connectivity index (χ0v) is 13.1. The molecule has 0 fully saturated rings. The van der Waals surface area contributed by atoms with Crippen LogP contribution in [0, 0.1) is 24.0 Å². The lowest BCUT2D eigenvalue weighted by Crippen LogP contribution is -2.01. The van der Waals surface area contributed by atoms with Crippen LogP contribution in [0.15, 0.2) is 24.3 Å². The number of thiophene rings is 1.